The molecule has 1 heterocycles. The number of hydrogen-bond acceptors (Lipinski definition) is 4. The molecule has 27 heavy (non-hydrogen) atoms. The molecule has 0 unspecified atom stereocenters. The smallest absolute Gasteiger partial charge is 0.265 e. The predicted molar refractivity (Wildman–Crippen MR) is 103 cm³/mol. The standard InChI is InChI=1S/C21H23N3O3/c1-14-8-6-7-11-16(14)17-13-19(27-24-17)21(26)23-18(20(25)22-2)12-15-9-4-3-5-10-15/h3-11,18-19H,12-13H2,1-2H3,(H,22,25)(H,23,26)/t18-,19+/m0/s1. The Kier molecular flexibility index (Phi) is 5.86. The molecule has 6 heteroatoms. The van der Waals surface area contributed by atoms with E-state index in [1.165, 1.54) is 0 Å². The highest BCUT2D eigenvalue weighted by Gasteiger charge is 2.32. The maximum atomic E-state index is 12.6. The van der Waals surface area contributed by atoms with Crippen LogP contribution in [-0.2, 0) is 20.8 Å². The molecule has 2 N–H and O–H groups in total. The number of nitrogens with one attached hydrogen (secondary N) is 2. The van der Waals surface area contributed by atoms with Gasteiger partial charge in [-0.2, -0.15) is 0 Å². The zero-order valence-corrected chi connectivity index (χ0v) is 15.4. The van der Waals surface area contributed by atoms with Crippen molar-refractivity contribution in [3.63, 3.8) is 0 Å². The normalized spacial score (nSPS) is 16.8. The summed E-state index contributed by atoms with van der Waals surface area (Å²) in [6, 6.07) is 16.7. The lowest BCUT2D eigenvalue weighted by molar-refractivity contribution is -0.135. The summed E-state index contributed by atoms with van der Waals surface area (Å²) in [5.74, 6) is -0.586. The van der Waals surface area contributed by atoms with Crippen LogP contribution in [0.3, 0.4) is 0 Å². The van der Waals surface area contributed by atoms with Gasteiger partial charge in [0.05, 0.1) is 5.71 Å². The van der Waals surface area contributed by atoms with Gasteiger partial charge >= 0.3 is 0 Å². The summed E-state index contributed by atoms with van der Waals surface area (Å²) in [5.41, 5.74) is 3.76. The van der Waals surface area contributed by atoms with Gasteiger partial charge in [-0.25, -0.2) is 0 Å². The summed E-state index contributed by atoms with van der Waals surface area (Å²) in [5, 5.41) is 9.48. The van der Waals surface area contributed by atoms with Crippen LogP contribution in [0.25, 0.3) is 0 Å². The molecular formula is C21H23N3O3. The molecule has 1 aliphatic rings. The third-order valence-corrected chi connectivity index (χ3v) is 4.58. The fourth-order valence-electron chi connectivity index (χ4n) is 3.07. The second kappa shape index (κ2) is 8.49. The number of carbonyl (C=O) groups excluding carboxylic acids is 2. The summed E-state index contributed by atoms with van der Waals surface area (Å²) in [6.45, 7) is 1.99. The first-order valence-corrected chi connectivity index (χ1v) is 8.93. The van der Waals surface area contributed by atoms with Crippen LogP contribution in [0.5, 0.6) is 0 Å². The maximum absolute atomic E-state index is 12.6. The lowest BCUT2D eigenvalue weighted by atomic mass is 10.00. The van der Waals surface area contributed by atoms with Gasteiger partial charge in [0.2, 0.25) is 12.0 Å². The van der Waals surface area contributed by atoms with Gasteiger partial charge in [-0.3, -0.25) is 9.59 Å². The topological polar surface area (TPSA) is 79.8 Å². The molecule has 0 saturated heterocycles. The Bertz CT molecular complexity index is 849. The van der Waals surface area contributed by atoms with Gasteiger partial charge in [0.25, 0.3) is 5.91 Å². The largest absolute Gasteiger partial charge is 0.382 e. The van der Waals surface area contributed by atoms with Crippen molar-refractivity contribution in [2.24, 2.45) is 5.16 Å². The number of nitrogens with zero attached hydrogens (tertiary/aromatic N) is 1. The molecule has 3 rings (SSSR count). The maximum Gasteiger partial charge on any atom is 0.265 e. The van der Waals surface area contributed by atoms with Crippen molar-refractivity contribution >= 4 is 17.5 Å². The summed E-state index contributed by atoms with van der Waals surface area (Å²) in [6.07, 6.45) is 0.0509. The molecule has 0 fully saturated rings. The van der Waals surface area contributed by atoms with Crippen molar-refractivity contribution in [3.05, 3.63) is 71.3 Å². The van der Waals surface area contributed by atoms with Gasteiger partial charge < -0.3 is 15.5 Å². The molecule has 2 atom stereocenters. The van der Waals surface area contributed by atoms with E-state index in [0.29, 0.717) is 12.8 Å². The zero-order chi connectivity index (χ0) is 19.2. The molecule has 0 aromatic heterocycles. The van der Waals surface area contributed by atoms with Crippen LogP contribution < -0.4 is 10.6 Å². The molecule has 0 aliphatic carbocycles. The van der Waals surface area contributed by atoms with Crippen LogP contribution >= 0.6 is 0 Å². The van der Waals surface area contributed by atoms with Crippen LogP contribution in [0.15, 0.2) is 59.8 Å². The van der Waals surface area contributed by atoms with Crippen LogP contribution in [0, 0.1) is 6.92 Å². The van der Waals surface area contributed by atoms with Crippen LogP contribution in [0.1, 0.15) is 23.1 Å². The van der Waals surface area contributed by atoms with Crippen molar-refractivity contribution < 1.29 is 14.4 Å². The number of amides is 2. The number of hydrogen-bond donors (Lipinski definition) is 2. The van der Waals surface area contributed by atoms with E-state index in [2.05, 4.69) is 15.8 Å². The highest BCUT2D eigenvalue weighted by molar-refractivity contribution is 6.05. The average molecular weight is 365 g/mol. The Morgan fingerprint density at radius 2 is 1.85 bits per heavy atom. The van der Waals surface area contributed by atoms with Crippen molar-refractivity contribution in [2.45, 2.75) is 31.9 Å². The van der Waals surface area contributed by atoms with E-state index >= 15 is 0 Å². The Labute approximate surface area is 158 Å². The average Bonchev–Trinajstić information content (AvgIpc) is 3.18. The van der Waals surface area contributed by atoms with E-state index in [-0.39, 0.29) is 11.8 Å². The molecule has 1 aliphatic heterocycles. The predicted octanol–water partition coefficient (Wildman–Crippen LogP) is 1.96. The van der Waals surface area contributed by atoms with Gasteiger partial charge in [-0.15, -0.1) is 0 Å². The van der Waals surface area contributed by atoms with Crippen molar-refractivity contribution in [2.75, 3.05) is 7.05 Å². The highest BCUT2D eigenvalue weighted by atomic mass is 16.6. The van der Waals surface area contributed by atoms with Gasteiger partial charge in [-0.1, -0.05) is 59.8 Å². The molecule has 2 amide bonds. The van der Waals surface area contributed by atoms with Gasteiger partial charge in [0, 0.05) is 25.5 Å². The molecule has 0 radical (unpaired) electrons. The molecule has 140 valence electrons. The second-order valence-corrected chi connectivity index (χ2v) is 6.52. The summed E-state index contributed by atoms with van der Waals surface area (Å²) >= 11 is 0. The van der Waals surface area contributed by atoms with Gasteiger partial charge in [-0.05, 0) is 18.1 Å². The van der Waals surface area contributed by atoms with E-state index in [4.69, 9.17) is 4.84 Å². The van der Waals surface area contributed by atoms with E-state index < -0.39 is 12.1 Å². The first kappa shape index (κ1) is 18.6. The molecule has 0 bridgehead atoms. The molecule has 6 nitrogen and oxygen atoms in total. The minimum atomic E-state index is -0.734. The van der Waals surface area contributed by atoms with Gasteiger partial charge in [0.15, 0.2) is 0 Å². The highest BCUT2D eigenvalue weighted by Crippen LogP contribution is 2.19. The number of aryl methyl sites for hydroxylation is 1. The van der Waals surface area contributed by atoms with Crippen LogP contribution in [0.4, 0.5) is 0 Å². The first-order chi connectivity index (χ1) is 13.1. The SMILES string of the molecule is CNC(=O)[C@H](Cc1ccccc1)NC(=O)[C@H]1CC(c2ccccc2C)=NO1. The fraction of sp³-hybridized carbons (Fsp3) is 0.286. The first-order valence-electron chi connectivity index (χ1n) is 8.93. The van der Waals surface area contributed by atoms with E-state index in [0.717, 1.165) is 22.4 Å². The number of carbonyl (C=O) groups is 2. The lowest BCUT2D eigenvalue weighted by Gasteiger charge is -2.19. The summed E-state index contributed by atoms with van der Waals surface area (Å²) < 4.78 is 0. The molecule has 0 spiro atoms. The minimum Gasteiger partial charge on any atom is -0.382 e. The zero-order valence-electron chi connectivity index (χ0n) is 15.4. The molecule has 0 saturated carbocycles. The lowest BCUT2D eigenvalue weighted by Crippen LogP contribution is -2.50. The van der Waals surface area contributed by atoms with Gasteiger partial charge in [0.1, 0.15) is 6.04 Å². The quantitative estimate of drug-likeness (QED) is 0.821. The van der Waals surface area contributed by atoms with Crippen molar-refractivity contribution in [1.29, 1.82) is 0 Å². The number of oxime groups is 1. The Balaban J connectivity index is 1.65. The van der Waals surface area contributed by atoms with E-state index in [1.54, 1.807) is 7.05 Å². The van der Waals surface area contributed by atoms with E-state index in [9.17, 15) is 9.59 Å². The molecular weight excluding hydrogens is 342 g/mol. The second-order valence-electron chi connectivity index (χ2n) is 6.52. The Hall–Kier alpha value is -3.15. The number of rotatable bonds is 6. The Morgan fingerprint density at radius 1 is 1.15 bits per heavy atom. The molecule has 2 aromatic rings. The number of likely N-dealkylation sites (N-methyl/N-ethyl adjacent to an activating group) is 1. The van der Waals surface area contributed by atoms with Crippen molar-refractivity contribution in [3.8, 4) is 0 Å². The Morgan fingerprint density at radius 3 is 2.56 bits per heavy atom. The van der Waals surface area contributed by atoms with Crippen molar-refractivity contribution in [1.82, 2.24) is 10.6 Å². The van der Waals surface area contributed by atoms with Crippen LogP contribution in [0.2, 0.25) is 0 Å². The molecule has 2 aromatic carbocycles. The fourth-order valence-corrected chi connectivity index (χ4v) is 3.07. The monoisotopic (exact) mass is 365 g/mol. The van der Waals surface area contributed by atoms with E-state index in [1.807, 2.05) is 61.5 Å². The minimum absolute atomic E-state index is 0.245. The third kappa shape index (κ3) is 4.53. The summed E-state index contributed by atoms with van der Waals surface area (Å²) in [7, 11) is 1.55. The number of benzene rings is 2. The summed E-state index contributed by atoms with van der Waals surface area (Å²) in [4.78, 5) is 30.2. The van der Waals surface area contributed by atoms with Crippen LogP contribution in [-0.4, -0.2) is 36.7 Å². The third-order valence-electron chi connectivity index (χ3n) is 4.58.